The first-order chi connectivity index (χ1) is 8.06. The molecule has 17 heavy (non-hydrogen) atoms. The Morgan fingerprint density at radius 2 is 2.29 bits per heavy atom. The number of rotatable bonds is 3. The van der Waals surface area contributed by atoms with E-state index in [0.29, 0.717) is 10.2 Å². The molecule has 0 saturated carbocycles. The van der Waals surface area contributed by atoms with Gasteiger partial charge in [0.1, 0.15) is 11.6 Å². The van der Waals surface area contributed by atoms with Crippen LogP contribution < -0.4 is 10.5 Å². The summed E-state index contributed by atoms with van der Waals surface area (Å²) in [6.07, 6.45) is 1.41. The van der Waals surface area contributed by atoms with E-state index >= 15 is 0 Å². The Morgan fingerprint density at radius 1 is 1.53 bits per heavy atom. The van der Waals surface area contributed by atoms with Crippen LogP contribution in [0.4, 0.5) is 9.52 Å². The number of carboxylic acid groups (broad SMARTS) is 1. The molecule has 1 heterocycles. The number of nitrogen functional groups attached to an aromatic ring is 1. The maximum atomic E-state index is 13.3. The molecule has 0 aliphatic rings. The van der Waals surface area contributed by atoms with Gasteiger partial charge in [-0.3, -0.25) is 0 Å². The van der Waals surface area contributed by atoms with Crippen molar-refractivity contribution in [2.75, 3.05) is 5.73 Å². The Kier molecular flexibility index (Phi) is 2.92. The summed E-state index contributed by atoms with van der Waals surface area (Å²) in [5.41, 5.74) is 5.00. The lowest BCUT2D eigenvalue weighted by Crippen LogP contribution is -2.00. The maximum Gasteiger partial charge on any atom is 0.338 e. The highest BCUT2D eigenvalue weighted by molar-refractivity contribution is 7.17. The van der Waals surface area contributed by atoms with E-state index in [1.165, 1.54) is 12.3 Å². The molecule has 5 nitrogen and oxygen atoms in total. The third-order valence-corrected chi connectivity index (χ3v) is 2.60. The SMILES string of the molecule is Nc1ncc(Oc2ccc(C(=O)O)c(F)c2)s1. The zero-order valence-corrected chi connectivity index (χ0v) is 9.20. The van der Waals surface area contributed by atoms with Crippen molar-refractivity contribution in [3.63, 3.8) is 0 Å². The van der Waals surface area contributed by atoms with Gasteiger partial charge in [-0.1, -0.05) is 11.3 Å². The molecule has 0 radical (unpaired) electrons. The van der Waals surface area contributed by atoms with Crippen molar-refractivity contribution >= 4 is 22.4 Å². The van der Waals surface area contributed by atoms with Gasteiger partial charge in [-0.25, -0.2) is 14.2 Å². The molecule has 2 aromatic rings. The number of ether oxygens (including phenoxy) is 1. The molecule has 0 unspecified atom stereocenters. The molecule has 0 atom stereocenters. The first-order valence-corrected chi connectivity index (χ1v) is 5.30. The largest absolute Gasteiger partial charge is 0.478 e. The standard InChI is InChI=1S/C10H7FN2O3S/c11-7-3-5(1-2-6(7)9(14)15)16-8-4-13-10(12)17-8/h1-4H,(H2,12,13)(H,14,15). The molecular weight excluding hydrogens is 247 g/mol. The number of halogens is 1. The number of nitrogens with zero attached hydrogens (tertiary/aromatic N) is 1. The van der Waals surface area contributed by atoms with Gasteiger partial charge in [0.2, 0.25) is 5.06 Å². The number of anilines is 1. The van der Waals surface area contributed by atoms with Crippen LogP contribution in [0.1, 0.15) is 10.4 Å². The summed E-state index contributed by atoms with van der Waals surface area (Å²) < 4.78 is 18.6. The highest BCUT2D eigenvalue weighted by Gasteiger charge is 2.11. The number of aromatic carboxylic acids is 1. The molecule has 0 saturated heterocycles. The minimum absolute atomic E-state index is 0.191. The molecule has 7 heteroatoms. The Bertz CT molecular complexity index is 570. The van der Waals surface area contributed by atoms with E-state index in [0.717, 1.165) is 23.5 Å². The lowest BCUT2D eigenvalue weighted by Gasteiger charge is -2.03. The summed E-state index contributed by atoms with van der Waals surface area (Å²) in [5, 5.41) is 9.39. The Labute approximate surface area is 99.3 Å². The van der Waals surface area contributed by atoms with Gasteiger partial charge >= 0.3 is 5.97 Å². The lowest BCUT2D eigenvalue weighted by molar-refractivity contribution is 0.0692. The highest BCUT2D eigenvalue weighted by Crippen LogP contribution is 2.29. The van der Waals surface area contributed by atoms with Crippen molar-refractivity contribution in [3.05, 3.63) is 35.8 Å². The first kappa shape index (κ1) is 11.3. The monoisotopic (exact) mass is 254 g/mol. The zero-order chi connectivity index (χ0) is 12.4. The van der Waals surface area contributed by atoms with E-state index in [1.807, 2.05) is 0 Å². The van der Waals surface area contributed by atoms with Gasteiger partial charge in [0, 0.05) is 6.07 Å². The molecule has 0 bridgehead atoms. The molecule has 0 fully saturated rings. The number of thiazole rings is 1. The van der Waals surface area contributed by atoms with Gasteiger partial charge in [0.25, 0.3) is 0 Å². The van der Waals surface area contributed by atoms with Gasteiger partial charge in [-0.15, -0.1) is 0 Å². The van der Waals surface area contributed by atoms with E-state index < -0.39 is 17.3 Å². The number of hydrogen-bond acceptors (Lipinski definition) is 5. The maximum absolute atomic E-state index is 13.3. The number of carboxylic acids is 1. The fraction of sp³-hybridized carbons (Fsp3) is 0. The molecule has 3 N–H and O–H groups in total. The molecule has 0 aliphatic carbocycles. The Balaban J connectivity index is 2.23. The summed E-state index contributed by atoms with van der Waals surface area (Å²) in [4.78, 5) is 14.4. The Morgan fingerprint density at radius 3 is 2.82 bits per heavy atom. The molecule has 0 aliphatic heterocycles. The van der Waals surface area contributed by atoms with Crippen molar-refractivity contribution in [1.82, 2.24) is 4.98 Å². The summed E-state index contributed by atoms with van der Waals surface area (Å²) >= 11 is 1.10. The van der Waals surface area contributed by atoms with Crippen LogP contribution in [0.15, 0.2) is 24.4 Å². The summed E-state index contributed by atoms with van der Waals surface area (Å²) in [5.74, 6) is -1.99. The van der Waals surface area contributed by atoms with Crippen LogP contribution in [-0.4, -0.2) is 16.1 Å². The fourth-order valence-electron chi connectivity index (χ4n) is 1.17. The van der Waals surface area contributed by atoms with Gasteiger partial charge in [0.05, 0.1) is 11.8 Å². The van der Waals surface area contributed by atoms with E-state index in [1.54, 1.807) is 0 Å². The molecule has 2 rings (SSSR count). The lowest BCUT2D eigenvalue weighted by atomic mass is 10.2. The van der Waals surface area contributed by atoms with Crippen molar-refractivity contribution in [3.8, 4) is 10.8 Å². The predicted molar refractivity (Wildman–Crippen MR) is 60.0 cm³/mol. The zero-order valence-electron chi connectivity index (χ0n) is 8.38. The third kappa shape index (κ3) is 2.51. The number of hydrogen-bond donors (Lipinski definition) is 2. The van der Waals surface area contributed by atoms with Crippen LogP contribution in [0.2, 0.25) is 0 Å². The average molecular weight is 254 g/mol. The minimum atomic E-state index is -1.32. The molecule has 1 aromatic carbocycles. The Hall–Kier alpha value is -2.15. The number of nitrogens with two attached hydrogens (primary N) is 1. The minimum Gasteiger partial charge on any atom is -0.478 e. The number of benzene rings is 1. The average Bonchev–Trinajstić information content (AvgIpc) is 2.63. The van der Waals surface area contributed by atoms with Crippen LogP contribution >= 0.6 is 11.3 Å². The summed E-state index contributed by atoms with van der Waals surface area (Å²) in [7, 11) is 0. The van der Waals surface area contributed by atoms with Gasteiger partial charge < -0.3 is 15.6 Å². The molecule has 88 valence electrons. The van der Waals surface area contributed by atoms with E-state index in [4.69, 9.17) is 15.6 Å². The second-order valence-corrected chi connectivity index (χ2v) is 4.09. The van der Waals surface area contributed by atoms with Crippen LogP contribution in [0.5, 0.6) is 10.8 Å². The second-order valence-electron chi connectivity index (χ2n) is 3.07. The first-order valence-electron chi connectivity index (χ1n) is 4.48. The van der Waals surface area contributed by atoms with Crippen molar-refractivity contribution in [2.45, 2.75) is 0 Å². The normalized spacial score (nSPS) is 10.2. The number of carbonyl (C=O) groups is 1. The van der Waals surface area contributed by atoms with E-state index in [2.05, 4.69) is 4.98 Å². The predicted octanol–water partition coefficient (Wildman–Crippen LogP) is 2.35. The smallest absolute Gasteiger partial charge is 0.338 e. The van der Waals surface area contributed by atoms with Crippen LogP contribution in [0.3, 0.4) is 0 Å². The fourth-order valence-corrected chi connectivity index (χ4v) is 1.72. The van der Waals surface area contributed by atoms with Crippen molar-refractivity contribution in [1.29, 1.82) is 0 Å². The second kappa shape index (κ2) is 4.38. The summed E-state index contributed by atoms with van der Waals surface area (Å²) in [6.45, 7) is 0. The van der Waals surface area contributed by atoms with Gasteiger partial charge in [0.15, 0.2) is 5.13 Å². The highest BCUT2D eigenvalue weighted by atomic mass is 32.1. The molecular formula is C10H7FN2O3S. The molecule has 0 amide bonds. The number of aromatic nitrogens is 1. The van der Waals surface area contributed by atoms with Gasteiger partial charge in [-0.2, -0.15) is 0 Å². The van der Waals surface area contributed by atoms with Crippen LogP contribution in [-0.2, 0) is 0 Å². The topological polar surface area (TPSA) is 85.4 Å². The van der Waals surface area contributed by atoms with E-state index in [-0.39, 0.29) is 5.75 Å². The third-order valence-electron chi connectivity index (χ3n) is 1.89. The van der Waals surface area contributed by atoms with Crippen molar-refractivity contribution < 1.29 is 19.0 Å². The summed E-state index contributed by atoms with van der Waals surface area (Å²) in [6, 6.07) is 3.50. The molecule has 0 spiro atoms. The van der Waals surface area contributed by atoms with Crippen molar-refractivity contribution in [2.24, 2.45) is 0 Å². The quantitative estimate of drug-likeness (QED) is 0.878. The molecule has 1 aromatic heterocycles. The van der Waals surface area contributed by atoms with E-state index in [9.17, 15) is 9.18 Å². The van der Waals surface area contributed by atoms with Crippen LogP contribution in [0, 0.1) is 5.82 Å². The van der Waals surface area contributed by atoms with Gasteiger partial charge in [-0.05, 0) is 12.1 Å². The van der Waals surface area contributed by atoms with Crippen LogP contribution in [0.25, 0.3) is 0 Å².